The summed E-state index contributed by atoms with van der Waals surface area (Å²) in [7, 11) is 0. The van der Waals surface area contributed by atoms with Gasteiger partial charge in [0.25, 0.3) is 5.91 Å². The van der Waals surface area contributed by atoms with Crippen LogP contribution < -0.4 is 10.1 Å². The van der Waals surface area contributed by atoms with Gasteiger partial charge in [0.05, 0.1) is 10.6 Å². The highest BCUT2D eigenvalue weighted by molar-refractivity contribution is 8.18. The molecule has 1 atom stereocenters. The lowest BCUT2D eigenvalue weighted by atomic mass is 10.2. The van der Waals surface area contributed by atoms with Gasteiger partial charge in [-0.05, 0) is 66.6 Å². The summed E-state index contributed by atoms with van der Waals surface area (Å²) < 4.78 is 5.30. The first-order valence-corrected chi connectivity index (χ1v) is 9.64. The molecule has 2 N–H and O–H groups in total. The number of thioether (sulfide) groups is 1. The molecule has 1 saturated heterocycles. The topological polar surface area (TPSA) is 88.0 Å². The highest BCUT2D eigenvalue weighted by Gasteiger charge is 2.23. The summed E-state index contributed by atoms with van der Waals surface area (Å²) >= 11 is 1.28. The van der Waals surface area contributed by atoms with Crippen LogP contribution in [-0.2, 0) is 16.0 Å². The largest absolute Gasteiger partial charge is 0.479 e. The van der Waals surface area contributed by atoms with Crippen molar-refractivity contribution in [1.29, 1.82) is 0 Å². The van der Waals surface area contributed by atoms with E-state index in [1.165, 1.54) is 24.2 Å². The standard InChI is InChI=1S/C21H20N2O4S/c1-3-14-4-8-16(9-5-14)22-21-23-19(24)18(28-21)12-15-6-10-17(11-7-15)27-13(2)20(25)26/h4-13H,3H2,1-2H3,(H,25,26)(H,22,23,24)/b18-12-/t13-/m1/s1. The van der Waals surface area contributed by atoms with E-state index in [-0.39, 0.29) is 5.91 Å². The van der Waals surface area contributed by atoms with Crippen LogP contribution in [0.15, 0.2) is 58.4 Å². The number of carbonyl (C=O) groups excluding carboxylic acids is 1. The van der Waals surface area contributed by atoms with E-state index >= 15 is 0 Å². The number of aliphatic carboxylic acids is 1. The highest BCUT2D eigenvalue weighted by Crippen LogP contribution is 2.28. The quantitative estimate of drug-likeness (QED) is 0.721. The highest BCUT2D eigenvalue weighted by atomic mass is 32.2. The first-order chi connectivity index (χ1) is 13.4. The summed E-state index contributed by atoms with van der Waals surface area (Å²) in [5.41, 5.74) is 2.83. The van der Waals surface area contributed by atoms with Gasteiger partial charge in [-0.1, -0.05) is 31.2 Å². The van der Waals surface area contributed by atoms with E-state index in [1.807, 2.05) is 24.3 Å². The molecule has 1 aliphatic rings. The number of aryl methyl sites for hydroxylation is 1. The third-order valence-corrected chi connectivity index (χ3v) is 4.97. The number of carboxylic acids is 1. The zero-order chi connectivity index (χ0) is 20.1. The van der Waals surface area contributed by atoms with Crippen molar-refractivity contribution in [2.45, 2.75) is 26.4 Å². The van der Waals surface area contributed by atoms with E-state index in [9.17, 15) is 9.59 Å². The number of rotatable bonds is 6. The Balaban J connectivity index is 1.69. The molecule has 1 amide bonds. The molecule has 3 rings (SSSR count). The van der Waals surface area contributed by atoms with Gasteiger partial charge in [0.15, 0.2) is 11.3 Å². The molecule has 6 nitrogen and oxygen atoms in total. The predicted octanol–water partition coefficient (Wildman–Crippen LogP) is 3.99. The van der Waals surface area contributed by atoms with Crippen LogP contribution in [0.2, 0.25) is 0 Å². The van der Waals surface area contributed by atoms with E-state index in [2.05, 4.69) is 17.2 Å². The third-order valence-electron chi connectivity index (χ3n) is 4.06. The minimum Gasteiger partial charge on any atom is -0.479 e. The summed E-state index contributed by atoms with van der Waals surface area (Å²) in [5.74, 6) is -0.770. The number of amidine groups is 1. The fourth-order valence-corrected chi connectivity index (χ4v) is 3.29. The molecule has 0 unspecified atom stereocenters. The van der Waals surface area contributed by atoms with Crippen molar-refractivity contribution < 1.29 is 19.4 Å². The molecule has 0 aromatic heterocycles. The zero-order valence-corrected chi connectivity index (χ0v) is 16.3. The van der Waals surface area contributed by atoms with E-state index in [0.29, 0.717) is 15.8 Å². The third kappa shape index (κ3) is 5.01. The Kier molecular flexibility index (Phi) is 6.16. The molecule has 0 radical (unpaired) electrons. The second-order valence-corrected chi connectivity index (χ2v) is 7.20. The summed E-state index contributed by atoms with van der Waals surface area (Å²) in [6.45, 7) is 3.56. The summed E-state index contributed by atoms with van der Waals surface area (Å²) in [6, 6.07) is 14.8. The minimum absolute atomic E-state index is 0.200. The van der Waals surface area contributed by atoms with Crippen molar-refractivity contribution in [2.75, 3.05) is 0 Å². The lowest BCUT2D eigenvalue weighted by Gasteiger charge is -2.10. The molecule has 2 aromatic rings. The molecule has 2 aromatic carbocycles. The maximum atomic E-state index is 12.2. The smallest absolute Gasteiger partial charge is 0.344 e. The van der Waals surface area contributed by atoms with Crippen LogP contribution in [0.25, 0.3) is 6.08 Å². The molecule has 0 saturated carbocycles. The molecule has 1 aliphatic heterocycles. The summed E-state index contributed by atoms with van der Waals surface area (Å²) in [5, 5.41) is 12.2. The van der Waals surface area contributed by atoms with Gasteiger partial charge in [0.1, 0.15) is 5.75 Å². The number of ether oxygens (including phenoxy) is 1. The van der Waals surface area contributed by atoms with Crippen LogP contribution in [0.4, 0.5) is 5.69 Å². The molecule has 1 heterocycles. The first kappa shape index (κ1) is 19.7. The Labute approximate surface area is 167 Å². The maximum Gasteiger partial charge on any atom is 0.344 e. The van der Waals surface area contributed by atoms with Gasteiger partial charge >= 0.3 is 5.97 Å². The van der Waals surface area contributed by atoms with Gasteiger partial charge in [-0.3, -0.25) is 4.79 Å². The predicted molar refractivity (Wildman–Crippen MR) is 111 cm³/mol. The van der Waals surface area contributed by atoms with Gasteiger partial charge in [-0.25, -0.2) is 9.79 Å². The number of amides is 1. The number of carbonyl (C=O) groups is 2. The summed E-state index contributed by atoms with van der Waals surface area (Å²) in [6.07, 6.45) is 1.80. The second-order valence-electron chi connectivity index (χ2n) is 6.17. The van der Waals surface area contributed by atoms with Gasteiger partial charge in [-0.2, -0.15) is 0 Å². The number of carboxylic acid groups (broad SMARTS) is 1. The zero-order valence-electron chi connectivity index (χ0n) is 15.5. The average molecular weight is 396 g/mol. The Bertz CT molecular complexity index is 934. The molecule has 0 bridgehead atoms. The Morgan fingerprint density at radius 2 is 1.89 bits per heavy atom. The average Bonchev–Trinajstić information content (AvgIpc) is 3.02. The molecular weight excluding hydrogens is 376 g/mol. The number of benzene rings is 2. The van der Waals surface area contributed by atoms with E-state index < -0.39 is 12.1 Å². The van der Waals surface area contributed by atoms with Crippen molar-refractivity contribution in [3.63, 3.8) is 0 Å². The van der Waals surface area contributed by atoms with Crippen LogP contribution >= 0.6 is 11.8 Å². The van der Waals surface area contributed by atoms with Gasteiger partial charge in [0, 0.05) is 0 Å². The molecule has 28 heavy (non-hydrogen) atoms. The van der Waals surface area contributed by atoms with Crippen molar-refractivity contribution in [3.8, 4) is 5.75 Å². The normalized spacial score (nSPS) is 17.6. The van der Waals surface area contributed by atoms with Crippen LogP contribution in [0.1, 0.15) is 25.0 Å². The van der Waals surface area contributed by atoms with Gasteiger partial charge < -0.3 is 15.2 Å². The molecular formula is C21H20N2O4S. The molecule has 1 fully saturated rings. The van der Waals surface area contributed by atoms with Crippen molar-refractivity contribution in [2.24, 2.45) is 4.99 Å². The van der Waals surface area contributed by atoms with E-state index in [4.69, 9.17) is 9.84 Å². The van der Waals surface area contributed by atoms with Gasteiger partial charge in [0.2, 0.25) is 0 Å². The Morgan fingerprint density at radius 3 is 2.50 bits per heavy atom. The van der Waals surface area contributed by atoms with Crippen LogP contribution in [0, 0.1) is 0 Å². The number of hydrogen-bond donors (Lipinski definition) is 2. The summed E-state index contributed by atoms with van der Waals surface area (Å²) in [4.78, 5) is 28.0. The number of nitrogens with one attached hydrogen (secondary N) is 1. The molecule has 0 aliphatic carbocycles. The number of hydrogen-bond acceptors (Lipinski definition) is 5. The lowest BCUT2D eigenvalue weighted by molar-refractivity contribution is -0.144. The van der Waals surface area contributed by atoms with Gasteiger partial charge in [-0.15, -0.1) is 0 Å². The Morgan fingerprint density at radius 1 is 1.21 bits per heavy atom. The minimum atomic E-state index is -1.03. The van der Waals surface area contributed by atoms with E-state index in [0.717, 1.165) is 17.7 Å². The SMILES string of the molecule is CCc1ccc(N=C2NC(=O)/C(=C/c3ccc(O[C@H](C)C(=O)O)cc3)S2)cc1. The molecule has 144 valence electrons. The Hall–Kier alpha value is -3.06. The first-order valence-electron chi connectivity index (χ1n) is 8.82. The fourth-order valence-electron chi connectivity index (χ4n) is 2.45. The molecule has 7 heteroatoms. The van der Waals surface area contributed by atoms with Crippen LogP contribution in [0.5, 0.6) is 5.75 Å². The van der Waals surface area contributed by atoms with Crippen molar-refractivity contribution in [3.05, 3.63) is 64.6 Å². The maximum absolute atomic E-state index is 12.2. The lowest BCUT2D eigenvalue weighted by Crippen LogP contribution is -2.22. The monoisotopic (exact) mass is 396 g/mol. The number of aliphatic imine (C=N–C) groups is 1. The number of nitrogens with zero attached hydrogens (tertiary/aromatic N) is 1. The van der Waals surface area contributed by atoms with Crippen LogP contribution in [-0.4, -0.2) is 28.3 Å². The van der Waals surface area contributed by atoms with Crippen LogP contribution in [0.3, 0.4) is 0 Å². The fraction of sp³-hybridized carbons (Fsp3) is 0.190. The second kappa shape index (κ2) is 8.75. The van der Waals surface area contributed by atoms with Crippen molar-refractivity contribution in [1.82, 2.24) is 5.32 Å². The van der Waals surface area contributed by atoms with E-state index in [1.54, 1.807) is 30.3 Å². The molecule has 0 spiro atoms. The van der Waals surface area contributed by atoms with Crippen molar-refractivity contribution >= 4 is 40.6 Å².